The number of aromatic hydroxyl groups is 1. The van der Waals surface area contributed by atoms with Crippen molar-refractivity contribution in [1.82, 2.24) is 5.32 Å². The third-order valence-electron chi connectivity index (χ3n) is 4.45. The number of fused-ring (bicyclic) bond motifs is 1. The van der Waals surface area contributed by atoms with E-state index < -0.39 is 0 Å². The summed E-state index contributed by atoms with van der Waals surface area (Å²) < 4.78 is 0. The van der Waals surface area contributed by atoms with Gasteiger partial charge in [0.25, 0.3) is 5.91 Å². The first-order valence-corrected chi connectivity index (χ1v) is 7.48. The Morgan fingerprint density at radius 3 is 2.71 bits per heavy atom. The number of carbonyl (C=O) groups excluding carboxylic acids is 1. The molecule has 0 heterocycles. The molecule has 0 bridgehead atoms. The predicted molar refractivity (Wildman–Crippen MR) is 84.5 cm³/mol. The number of hydrogen-bond donors (Lipinski definition) is 2. The van der Waals surface area contributed by atoms with Crippen LogP contribution >= 0.6 is 0 Å². The van der Waals surface area contributed by atoms with Crippen LogP contribution in [0.2, 0.25) is 0 Å². The molecule has 2 N–H and O–H groups in total. The van der Waals surface area contributed by atoms with Crippen LogP contribution in [-0.4, -0.2) is 17.1 Å². The number of benzene rings is 2. The second-order valence-corrected chi connectivity index (χ2v) is 6.76. The van der Waals surface area contributed by atoms with Gasteiger partial charge in [0.05, 0.1) is 5.56 Å². The Hall–Kier alpha value is -2.03. The SMILES string of the molecule is CC1(C)CCC(NC(=O)c2ccc3ccccc3c2O)C1. The van der Waals surface area contributed by atoms with Crippen LogP contribution in [0.5, 0.6) is 5.75 Å². The molecule has 1 fully saturated rings. The number of rotatable bonds is 2. The fourth-order valence-corrected chi connectivity index (χ4v) is 3.26. The van der Waals surface area contributed by atoms with E-state index in [1.54, 1.807) is 6.07 Å². The van der Waals surface area contributed by atoms with E-state index in [0.29, 0.717) is 11.0 Å². The average Bonchev–Trinajstić information content (AvgIpc) is 2.78. The van der Waals surface area contributed by atoms with Crippen molar-refractivity contribution in [3.8, 4) is 5.75 Å². The Morgan fingerprint density at radius 2 is 2.00 bits per heavy atom. The van der Waals surface area contributed by atoms with Crippen molar-refractivity contribution in [2.24, 2.45) is 5.41 Å². The summed E-state index contributed by atoms with van der Waals surface area (Å²) in [5, 5.41) is 15.1. The Balaban J connectivity index is 1.84. The van der Waals surface area contributed by atoms with Crippen molar-refractivity contribution >= 4 is 16.7 Å². The fourth-order valence-electron chi connectivity index (χ4n) is 3.26. The summed E-state index contributed by atoms with van der Waals surface area (Å²) >= 11 is 0. The molecule has 2 aromatic rings. The topological polar surface area (TPSA) is 49.3 Å². The Bertz CT molecular complexity index is 691. The van der Waals surface area contributed by atoms with Crippen molar-refractivity contribution in [1.29, 1.82) is 0 Å². The zero-order valence-electron chi connectivity index (χ0n) is 12.5. The standard InChI is InChI=1S/C18H21NO2/c1-18(2)10-9-13(11-18)19-17(21)15-8-7-12-5-3-4-6-14(12)16(15)20/h3-8,13,20H,9-11H2,1-2H3,(H,19,21). The molecule has 1 aliphatic carbocycles. The molecule has 1 aliphatic rings. The molecule has 0 radical (unpaired) electrons. The highest BCUT2D eigenvalue weighted by molar-refractivity contribution is 6.03. The number of hydrogen-bond acceptors (Lipinski definition) is 2. The molecular weight excluding hydrogens is 262 g/mol. The zero-order chi connectivity index (χ0) is 15.0. The second kappa shape index (κ2) is 5.06. The summed E-state index contributed by atoms with van der Waals surface area (Å²) in [5.41, 5.74) is 0.655. The Labute approximate surface area is 125 Å². The Kier molecular flexibility index (Phi) is 3.36. The quantitative estimate of drug-likeness (QED) is 0.879. The van der Waals surface area contributed by atoms with Gasteiger partial charge < -0.3 is 10.4 Å². The average molecular weight is 283 g/mol. The summed E-state index contributed by atoms with van der Waals surface area (Å²) in [4.78, 5) is 12.4. The van der Waals surface area contributed by atoms with Crippen LogP contribution in [0.15, 0.2) is 36.4 Å². The van der Waals surface area contributed by atoms with Gasteiger partial charge in [-0.1, -0.05) is 44.2 Å². The van der Waals surface area contributed by atoms with Crippen LogP contribution in [0.3, 0.4) is 0 Å². The first-order chi connectivity index (χ1) is 9.96. The number of phenolic OH excluding ortho intramolecular Hbond substituents is 1. The maximum atomic E-state index is 12.4. The summed E-state index contributed by atoms with van der Waals surface area (Å²) in [6.45, 7) is 4.46. The fraction of sp³-hybridized carbons (Fsp3) is 0.389. The van der Waals surface area contributed by atoms with Gasteiger partial charge in [0.1, 0.15) is 5.75 Å². The van der Waals surface area contributed by atoms with E-state index >= 15 is 0 Å². The van der Waals surface area contributed by atoms with E-state index in [0.717, 1.165) is 30.0 Å². The lowest BCUT2D eigenvalue weighted by Gasteiger charge is -2.18. The van der Waals surface area contributed by atoms with Crippen LogP contribution < -0.4 is 5.32 Å². The van der Waals surface area contributed by atoms with Crippen molar-refractivity contribution in [2.75, 3.05) is 0 Å². The minimum Gasteiger partial charge on any atom is -0.506 e. The molecule has 0 spiro atoms. The molecule has 0 aromatic heterocycles. The minimum atomic E-state index is -0.180. The highest BCUT2D eigenvalue weighted by atomic mass is 16.3. The number of carbonyl (C=O) groups is 1. The Morgan fingerprint density at radius 1 is 1.24 bits per heavy atom. The van der Waals surface area contributed by atoms with Gasteiger partial charge in [-0.25, -0.2) is 0 Å². The number of nitrogens with one attached hydrogen (secondary N) is 1. The van der Waals surface area contributed by atoms with Crippen LogP contribution in [0.4, 0.5) is 0 Å². The summed E-state index contributed by atoms with van der Waals surface area (Å²) in [6.07, 6.45) is 3.13. The van der Waals surface area contributed by atoms with Crippen molar-refractivity contribution in [2.45, 2.75) is 39.2 Å². The molecule has 2 aromatic carbocycles. The first-order valence-electron chi connectivity index (χ1n) is 7.48. The third kappa shape index (κ3) is 2.73. The minimum absolute atomic E-state index is 0.0721. The van der Waals surface area contributed by atoms with Crippen LogP contribution in [0.25, 0.3) is 10.8 Å². The smallest absolute Gasteiger partial charge is 0.255 e. The zero-order valence-corrected chi connectivity index (χ0v) is 12.5. The van der Waals surface area contributed by atoms with Gasteiger partial charge >= 0.3 is 0 Å². The molecule has 1 amide bonds. The van der Waals surface area contributed by atoms with Crippen LogP contribution in [-0.2, 0) is 0 Å². The van der Waals surface area contributed by atoms with Crippen molar-refractivity contribution < 1.29 is 9.90 Å². The largest absolute Gasteiger partial charge is 0.506 e. The molecule has 0 saturated heterocycles. The summed E-state index contributed by atoms with van der Waals surface area (Å²) in [7, 11) is 0. The summed E-state index contributed by atoms with van der Waals surface area (Å²) in [5.74, 6) is -0.108. The van der Waals surface area contributed by atoms with Crippen LogP contribution in [0.1, 0.15) is 43.5 Å². The maximum Gasteiger partial charge on any atom is 0.255 e. The van der Waals surface area contributed by atoms with Crippen LogP contribution in [0, 0.1) is 5.41 Å². The van der Waals surface area contributed by atoms with E-state index in [9.17, 15) is 9.90 Å². The molecule has 3 nitrogen and oxygen atoms in total. The van der Waals surface area contributed by atoms with E-state index in [1.807, 2.05) is 30.3 Å². The third-order valence-corrected chi connectivity index (χ3v) is 4.45. The van der Waals surface area contributed by atoms with Gasteiger partial charge in [0.2, 0.25) is 0 Å². The molecule has 21 heavy (non-hydrogen) atoms. The second-order valence-electron chi connectivity index (χ2n) is 6.76. The van der Waals surface area contributed by atoms with Crippen molar-refractivity contribution in [3.05, 3.63) is 42.0 Å². The molecule has 0 aliphatic heterocycles. The normalized spacial score (nSPS) is 20.6. The van der Waals surface area contributed by atoms with E-state index in [2.05, 4.69) is 19.2 Å². The number of amides is 1. The highest BCUT2D eigenvalue weighted by Crippen LogP contribution is 2.37. The van der Waals surface area contributed by atoms with Gasteiger partial charge in [-0.05, 0) is 36.1 Å². The molecule has 3 heteroatoms. The maximum absolute atomic E-state index is 12.4. The lowest BCUT2D eigenvalue weighted by molar-refractivity contribution is 0.0933. The first kappa shape index (κ1) is 13.9. The molecule has 1 atom stereocenters. The van der Waals surface area contributed by atoms with Crippen molar-refractivity contribution in [3.63, 3.8) is 0 Å². The lowest BCUT2D eigenvalue weighted by atomic mass is 9.92. The molecule has 110 valence electrons. The monoisotopic (exact) mass is 283 g/mol. The van der Waals surface area contributed by atoms with Gasteiger partial charge in [0.15, 0.2) is 0 Å². The van der Waals surface area contributed by atoms with E-state index in [1.165, 1.54) is 0 Å². The van der Waals surface area contributed by atoms with Gasteiger partial charge in [0, 0.05) is 11.4 Å². The molecule has 3 rings (SSSR count). The lowest BCUT2D eigenvalue weighted by Crippen LogP contribution is -2.33. The summed E-state index contributed by atoms with van der Waals surface area (Å²) in [6, 6.07) is 11.3. The van der Waals surface area contributed by atoms with Gasteiger partial charge in [-0.2, -0.15) is 0 Å². The number of phenols is 1. The van der Waals surface area contributed by atoms with E-state index in [4.69, 9.17) is 0 Å². The predicted octanol–water partition coefficient (Wildman–Crippen LogP) is 3.85. The molecule has 1 saturated carbocycles. The highest BCUT2D eigenvalue weighted by Gasteiger charge is 2.32. The molecular formula is C18H21NO2. The van der Waals surface area contributed by atoms with Gasteiger partial charge in [-0.15, -0.1) is 0 Å². The van der Waals surface area contributed by atoms with E-state index in [-0.39, 0.29) is 17.7 Å². The van der Waals surface area contributed by atoms with Gasteiger partial charge in [-0.3, -0.25) is 4.79 Å². The molecule has 1 unspecified atom stereocenters.